The van der Waals surface area contributed by atoms with Crippen LogP contribution in [0.3, 0.4) is 0 Å². The van der Waals surface area contributed by atoms with Gasteiger partial charge in [-0.2, -0.15) is 0 Å². The summed E-state index contributed by atoms with van der Waals surface area (Å²) in [6.45, 7) is 5.31. The Morgan fingerprint density at radius 2 is 2.06 bits per heavy atom. The third-order valence-corrected chi connectivity index (χ3v) is 3.44. The SMILES string of the molecule is Cc1ccc(CC(=O)NCC(C)(C)C(=O)O)s1. The Kier molecular flexibility index (Phi) is 4.28. The van der Waals surface area contributed by atoms with Crippen LogP contribution in [0.5, 0.6) is 0 Å². The summed E-state index contributed by atoms with van der Waals surface area (Å²) in [5, 5.41) is 11.5. The minimum Gasteiger partial charge on any atom is -0.481 e. The lowest BCUT2D eigenvalue weighted by molar-refractivity contribution is -0.146. The van der Waals surface area contributed by atoms with Gasteiger partial charge in [0, 0.05) is 16.3 Å². The number of amides is 1. The van der Waals surface area contributed by atoms with E-state index in [1.54, 1.807) is 25.2 Å². The number of hydrogen-bond acceptors (Lipinski definition) is 3. The van der Waals surface area contributed by atoms with Crippen molar-refractivity contribution in [3.05, 3.63) is 21.9 Å². The molecule has 1 rings (SSSR count). The average Bonchev–Trinajstić information content (AvgIpc) is 2.61. The monoisotopic (exact) mass is 255 g/mol. The molecule has 1 aromatic heterocycles. The number of rotatable bonds is 5. The first-order chi connectivity index (χ1) is 7.81. The van der Waals surface area contributed by atoms with Gasteiger partial charge in [0.2, 0.25) is 5.91 Å². The van der Waals surface area contributed by atoms with E-state index in [0.717, 1.165) is 4.88 Å². The standard InChI is InChI=1S/C12H17NO3S/c1-8-4-5-9(17-8)6-10(14)13-7-12(2,3)11(15)16/h4-5H,6-7H2,1-3H3,(H,13,14)(H,15,16). The number of carbonyl (C=O) groups excluding carboxylic acids is 1. The number of carboxylic acids is 1. The number of nitrogens with one attached hydrogen (secondary N) is 1. The van der Waals surface area contributed by atoms with E-state index in [9.17, 15) is 9.59 Å². The molecule has 4 nitrogen and oxygen atoms in total. The van der Waals surface area contributed by atoms with Gasteiger partial charge < -0.3 is 10.4 Å². The van der Waals surface area contributed by atoms with Gasteiger partial charge in [-0.1, -0.05) is 0 Å². The Hall–Kier alpha value is -1.36. The van der Waals surface area contributed by atoms with Gasteiger partial charge in [0.25, 0.3) is 0 Å². The first-order valence-electron chi connectivity index (χ1n) is 5.37. The van der Waals surface area contributed by atoms with Crippen molar-refractivity contribution in [1.29, 1.82) is 0 Å². The maximum absolute atomic E-state index is 11.6. The zero-order chi connectivity index (χ0) is 13.1. The predicted octanol–water partition coefficient (Wildman–Crippen LogP) is 1.83. The molecule has 94 valence electrons. The summed E-state index contributed by atoms with van der Waals surface area (Å²) in [6.07, 6.45) is 0.314. The molecule has 0 fully saturated rings. The minimum absolute atomic E-state index is 0.138. The molecule has 0 saturated heterocycles. The molecule has 1 heterocycles. The van der Waals surface area contributed by atoms with Crippen molar-refractivity contribution in [2.75, 3.05) is 6.54 Å². The molecule has 0 aliphatic rings. The van der Waals surface area contributed by atoms with E-state index in [0.29, 0.717) is 6.42 Å². The fourth-order valence-corrected chi connectivity index (χ4v) is 2.09. The van der Waals surface area contributed by atoms with Crippen molar-refractivity contribution in [1.82, 2.24) is 5.32 Å². The van der Waals surface area contributed by atoms with Gasteiger partial charge >= 0.3 is 5.97 Å². The summed E-state index contributed by atoms with van der Waals surface area (Å²) in [6, 6.07) is 3.89. The lowest BCUT2D eigenvalue weighted by Gasteiger charge is -2.19. The highest BCUT2D eigenvalue weighted by molar-refractivity contribution is 7.12. The maximum atomic E-state index is 11.6. The second kappa shape index (κ2) is 5.31. The van der Waals surface area contributed by atoms with Crippen LogP contribution in [0.15, 0.2) is 12.1 Å². The lowest BCUT2D eigenvalue weighted by atomic mass is 9.94. The molecule has 0 unspecified atom stereocenters. The Balaban J connectivity index is 2.43. The molecule has 0 bridgehead atoms. The molecule has 0 aliphatic heterocycles. The molecular formula is C12H17NO3S. The number of aryl methyl sites for hydroxylation is 1. The third-order valence-electron chi connectivity index (χ3n) is 2.44. The van der Waals surface area contributed by atoms with Crippen LogP contribution >= 0.6 is 11.3 Å². The quantitative estimate of drug-likeness (QED) is 0.843. The van der Waals surface area contributed by atoms with E-state index in [4.69, 9.17) is 5.11 Å². The number of carbonyl (C=O) groups is 2. The largest absolute Gasteiger partial charge is 0.481 e. The smallest absolute Gasteiger partial charge is 0.310 e. The van der Waals surface area contributed by atoms with Gasteiger partial charge in [0.15, 0.2) is 0 Å². The topological polar surface area (TPSA) is 66.4 Å². The fraction of sp³-hybridized carbons (Fsp3) is 0.500. The van der Waals surface area contributed by atoms with E-state index in [1.807, 2.05) is 19.1 Å². The van der Waals surface area contributed by atoms with E-state index in [-0.39, 0.29) is 12.5 Å². The number of hydrogen-bond donors (Lipinski definition) is 2. The van der Waals surface area contributed by atoms with Gasteiger partial charge in [-0.3, -0.25) is 9.59 Å². The van der Waals surface area contributed by atoms with Gasteiger partial charge in [0.05, 0.1) is 11.8 Å². The zero-order valence-electron chi connectivity index (χ0n) is 10.2. The Labute approximate surface area is 105 Å². The van der Waals surface area contributed by atoms with Crippen LogP contribution in [-0.2, 0) is 16.0 Å². The first kappa shape index (κ1) is 13.7. The summed E-state index contributed by atoms with van der Waals surface area (Å²) in [5.41, 5.74) is -0.930. The van der Waals surface area contributed by atoms with Crippen LogP contribution in [-0.4, -0.2) is 23.5 Å². The molecule has 0 radical (unpaired) electrons. The van der Waals surface area contributed by atoms with Crippen molar-refractivity contribution in [2.45, 2.75) is 27.2 Å². The second-order valence-corrected chi connectivity index (χ2v) is 6.03. The van der Waals surface area contributed by atoms with Crippen LogP contribution in [0.2, 0.25) is 0 Å². The van der Waals surface area contributed by atoms with E-state index in [1.165, 1.54) is 4.88 Å². The van der Waals surface area contributed by atoms with Crippen molar-refractivity contribution in [2.24, 2.45) is 5.41 Å². The average molecular weight is 255 g/mol. The number of thiophene rings is 1. The van der Waals surface area contributed by atoms with Gasteiger partial charge in [-0.15, -0.1) is 11.3 Å². The van der Waals surface area contributed by atoms with Crippen LogP contribution in [0.25, 0.3) is 0 Å². The van der Waals surface area contributed by atoms with Crippen LogP contribution in [0.4, 0.5) is 0 Å². The van der Waals surface area contributed by atoms with Gasteiger partial charge in [-0.05, 0) is 32.9 Å². The first-order valence-corrected chi connectivity index (χ1v) is 6.18. The molecule has 5 heteroatoms. The van der Waals surface area contributed by atoms with Crippen LogP contribution in [0, 0.1) is 12.3 Å². The van der Waals surface area contributed by atoms with E-state index in [2.05, 4.69) is 5.32 Å². The van der Waals surface area contributed by atoms with Crippen molar-refractivity contribution in [3.8, 4) is 0 Å². The Morgan fingerprint density at radius 1 is 1.41 bits per heavy atom. The van der Waals surface area contributed by atoms with Crippen molar-refractivity contribution >= 4 is 23.2 Å². The summed E-state index contributed by atoms with van der Waals surface area (Å²) >= 11 is 1.58. The van der Waals surface area contributed by atoms with Crippen LogP contribution < -0.4 is 5.32 Å². The molecule has 0 aliphatic carbocycles. The Morgan fingerprint density at radius 3 is 2.53 bits per heavy atom. The molecule has 1 amide bonds. The molecule has 1 aromatic rings. The predicted molar refractivity (Wildman–Crippen MR) is 67.2 cm³/mol. The molecule has 0 spiro atoms. The molecule has 17 heavy (non-hydrogen) atoms. The lowest BCUT2D eigenvalue weighted by Crippen LogP contribution is -2.39. The van der Waals surface area contributed by atoms with Crippen molar-refractivity contribution in [3.63, 3.8) is 0 Å². The molecule has 0 saturated carbocycles. The minimum atomic E-state index is -0.930. The molecule has 0 atom stereocenters. The summed E-state index contributed by atoms with van der Waals surface area (Å²) in [5.74, 6) is -1.05. The number of carboxylic acid groups (broad SMARTS) is 1. The summed E-state index contributed by atoms with van der Waals surface area (Å²) in [7, 11) is 0. The molecule has 0 aromatic carbocycles. The highest BCUT2D eigenvalue weighted by atomic mass is 32.1. The maximum Gasteiger partial charge on any atom is 0.310 e. The second-order valence-electron chi connectivity index (χ2n) is 4.65. The normalized spacial score (nSPS) is 11.2. The van der Waals surface area contributed by atoms with Gasteiger partial charge in [0.1, 0.15) is 0 Å². The van der Waals surface area contributed by atoms with Crippen molar-refractivity contribution < 1.29 is 14.7 Å². The van der Waals surface area contributed by atoms with E-state index >= 15 is 0 Å². The summed E-state index contributed by atoms with van der Waals surface area (Å²) < 4.78 is 0. The third kappa shape index (κ3) is 4.19. The molecule has 2 N–H and O–H groups in total. The Bertz CT molecular complexity index is 423. The van der Waals surface area contributed by atoms with E-state index < -0.39 is 11.4 Å². The van der Waals surface area contributed by atoms with Crippen LogP contribution in [0.1, 0.15) is 23.6 Å². The highest BCUT2D eigenvalue weighted by Gasteiger charge is 2.27. The molecular weight excluding hydrogens is 238 g/mol. The van der Waals surface area contributed by atoms with Gasteiger partial charge in [-0.25, -0.2) is 0 Å². The highest BCUT2D eigenvalue weighted by Crippen LogP contribution is 2.16. The number of aliphatic carboxylic acids is 1. The zero-order valence-corrected chi connectivity index (χ0v) is 11.1. The summed E-state index contributed by atoms with van der Waals surface area (Å²) in [4.78, 5) is 24.6. The fourth-order valence-electron chi connectivity index (χ4n) is 1.20.